The quantitative estimate of drug-likeness (QED) is 0.615. The second kappa shape index (κ2) is 6.97. The van der Waals surface area contributed by atoms with Crippen LogP contribution in [0.15, 0.2) is 40.8 Å². The fourth-order valence-electron chi connectivity index (χ4n) is 3.65. The van der Waals surface area contributed by atoms with Gasteiger partial charge in [-0.25, -0.2) is 0 Å². The maximum Gasteiger partial charge on any atom is 0.279 e. The Balaban J connectivity index is 1.57. The Kier molecular flexibility index (Phi) is 4.53. The van der Waals surface area contributed by atoms with Gasteiger partial charge in [-0.15, -0.1) is 0 Å². The molecule has 1 aliphatic rings. The van der Waals surface area contributed by atoms with Crippen LogP contribution in [0.1, 0.15) is 0 Å². The Morgan fingerprint density at radius 1 is 1.12 bits per heavy atom. The lowest BCUT2D eigenvalue weighted by Crippen LogP contribution is -3.27. The van der Waals surface area contributed by atoms with Crippen molar-refractivity contribution in [3.05, 3.63) is 36.4 Å². The zero-order valence-corrected chi connectivity index (χ0v) is 15.2. The largest absolute Gasteiger partial charge is 0.495 e. The summed E-state index contributed by atoms with van der Waals surface area (Å²) in [6, 6.07) is 11.7. The van der Waals surface area contributed by atoms with Crippen LogP contribution in [0.25, 0.3) is 21.9 Å². The average molecular weight is 355 g/mol. The number of nitrogens with one attached hydrogen (secondary N) is 3. The van der Waals surface area contributed by atoms with Gasteiger partial charge in [0, 0.05) is 16.8 Å². The number of benzene rings is 2. The molecule has 0 unspecified atom stereocenters. The Hall–Kier alpha value is -2.57. The van der Waals surface area contributed by atoms with Crippen LogP contribution in [-0.2, 0) is 4.79 Å². The number of likely N-dealkylation sites (N-methyl/N-ethyl adjacent to an activating group) is 1. The number of hydrogen-bond donors (Lipinski definition) is 3. The van der Waals surface area contributed by atoms with E-state index < -0.39 is 0 Å². The molecule has 0 saturated carbocycles. The molecule has 3 aromatic rings. The highest BCUT2D eigenvalue weighted by Crippen LogP contribution is 2.36. The van der Waals surface area contributed by atoms with E-state index in [1.54, 1.807) is 7.11 Å². The summed E-state index contributed by atoms with van der Waals surface area (Å²) < 4.78 is 11.4. The average Bonchev–Trinajstić information content (AvgIpc) is 3.00. The first-order chi connectivity index (χ1) is 12.6. The van der Waals surface area contributed by atoms with E-state index in [0.717, 1.165) is 48.1 Å². The van der Waals surface area contributed by atoms with E-state index in [2.05, 4.69) is 12.4 Å². The van der Waals surface area contributed by atoms with Gasteiger partial charge in [0.15, 0.2) is 6.54 Å². The molecule has 2 aromatic carbocycles. The lowest BCUT2D eigenvalue weighted by molar-refractivity contribution is -0.999. The van der Waals surface area contributed by atoms with Crippen molar-refractivity contribution >= 4 is 33.5 Å². The van der Waals surface area contributed by atoms with Crippen LogP contribution >= 0.6 is 0 Å². The van der Waals surface area contributed by atoms with Crippen molar-refractivity contribution in [1.82, 2.24) is 0 Å². The molecule has 0 bridgehead atoms. The number of fused-ring (bicyclic) bond motifs is 3. The van der Waals surface area contributed by atoms with E-state index in [4.69, 9.17) is 9.15 Å². The fourth-order valence-corrected chi connectivity index (χ4v) is 3.65. The van der Waals surface area contributed by atoms with Gasteiger partial charge >= 0.3 is 0 Å². The molecule has 1 fully saturated rings. The summed E-state index contributed by atoms with van der Waals surface area (Å²) >= 11 is 0. The zero-order valence-electron chi connectivity index (χ0n) is 15.2. The number of ether oxygens (including phenoxy) is 1. The highest BCUT2D eigenvalue weighted by atomic mass is 16.5. The van der Waals surface area contributed by atoms with Crippen molar-refractivity contribution in [1.29, 1.82) is 0 Å². The molecule has 0 aliphatic carbocycles. The molecule has 1 amide bonds. The van der Waals surface area contributed by atoms with Gasteiger partial charge in [-0.1, -0.05) is 18.2 Å². The summed E-state index contributed by atoms with van der Waals surface area (Å²) in [4.78, 5) is 15.4. The minimum Gasteiger partial charge on any atom is -0.495 e. The molecular formula is C20H25N3O3+2. The molecular weight excluding hydrogens is 330 g/mol. The van der Waals surface area contributed by atoms with Crippen LogP contribution in [0.2, 0.25) is 0 Å². The van der Waals surface area contributed by atoms with Gasteiger partial charge in [0.2, 0.25) is 0 Å². The van der Waals surface area contributed by atoms with Crippen LogP contribution < -0.4 is 19.9 Å². The van der Waals surface area contributed by atoms with Crippen LogP contribution in [0.3, 0.4) is 0 Å². The van der Waals surface area contributed by atoms with E-state index in [9.17, 15) is 4.79 Å². The van der Waals surface area contributed by atoms with Gasteiger partial charge in [-0.3, -0.25) is 4.79 Å². The number of amides is 1. The number of piperazine rings is 1. The summed E-state index contributed by atoms with van der Waals surface area (Å²) in [5.41, 5.74) is 2.23. The smallest absolute Gasteiger partial charge is 0.279 e. The van der Waals surface area contributed by atoms with Gasteiger partial charge < -0.3 is 24.3 Å². The van der Waals surface area contributed by atoms with Crippen molar-refractivity contribution in [2.24, 2.45) is 0 Å². The summed E-state index contributed by atoms with van der Waals surface area (Å²) in [6.07, 6.45) is 0. The Morgan fingerprint density at radius 2 is 1.88 bits per heavy atom. The topological polar surface area (TPSA) is 60.3 Å². The third-order valence-corrected chi connectivity index (χ3v) is 5.19. The molecule has 0 spiro atoms. The highest BCUT2D eigenvalue weighted by molar-refractivity contribution is 6.07. The minimum atomic E-state index is 0.00770. The molecule has 136 valence electrons. The molecule has 2 heterocycles. The predicted octanol–water partition coefficient (Wildman–Crippen LogP) is -0.0537. The summed E-state index contributed by atoms with van der Waals surface area (Å²) in [7, 11) is 3.82. The first kappa shape index (κ1) is 16.9. The van der Waals surface area contributed by atoms with Crippen molar-refractivity contribution < 1.29 is 23.7 Å². The first-order valence-corrected chi connectivity index (χ1v) is 9.08. The van der Waals surface area contributed by atoms with E-state index in [-0.39, 0.29) is 5.91 Å². The van der Waals surface area contributed by atoms with Crippen LogP contribution in [0.5, 0.6) is 5.75 Å². The number of carbonyl (C=O) groups excluding carboxylic acids is 1. The molecule has 1 aromatic heterocycles. The van der Waals surface area contributed by atoms with Gasteiger partial charge in [-0.2, -0.15) is 0 Å². The zero-order chi connectivity index (χ0) is 18.1. The number of carbonyl (C=O) groups is 1. The standard InChI is InChI=1S/C20H23N3O3/c1-22-7-9-23(10-8-22)13-20(24)21-16-12-18-15(11-19(16)25-2)14-5-3-4-6-17(14)26-18/h3-6,11-12H,7-10,13H2,1-2H3,(H,21,24)/p+2. The monoisotopic (exact) mass is 355 g/mol. The van der Waals surface area contributed by atoms with Crippen molar-refractivity contribution in [2.45, 2.75) is 0 Å². The van der Waals surface area contributed by atoms with Gasteiger partial charge in [-0.05, 0) is 12.1 Å². The lowest BCUT2D eigenvalue weighted by atomic mass is 10.1. The minimum absolute atomic E-state index is 0.00770. The van der Waals surface area contributed by atoms with Gasteiger partial charge in [0.05, 0.1) is 19.8 Å². The van der Waals surface area contributed by atoms with Crippen LogP contribution in [0, 0.1) is 0 Å². The van der Waals surface area contributed by atoms with Crippen molar-refractivity contribution in [3.8, 4) is 5.75 Å². The molecule has 4 rings (SSSR count). The molecule has 3 N–H and O–H groups in total. The number of rotatable bonds is 4. The Bertz CT molecular complexity index is 942. The van der Waals surface area contributed by atoms with Crippen LogP contribution in [-0.4, -0.2) is 52.8 Å². The fraction of sp³-hybridized carbons (Fsp3) is 0.350. The van der Waals surface area contributed by atoms with Crippen molar-refractivity contribution in [3.63, 3.8) is 0 Å². The Labute approximate surface area is 152 Å². The Morgan fingerprint density at radius 3 is 2.65 bits per heavy atom. The van der Waals surface area contributed by atoms with Gasteiger partial charge in [0.1, 0.15) is 43.1 Å². The number of anilines is 1. The number of quaternary nitrogens is 2. The number of hydrogen-bond acceptors (Lipinski definition) is 3. The maximum absolute atomic E-state index is 12.5. The van der Waals surface area contributed by atoms with E-state index in [1.165, 1.54) is 9.80 Å². The lowest BCUT2D eigenvalue weighted by Gasteiger charge is -2.26. The third kappa shape index (κ3) is 3.25. The maximum atomic E-state index is 12.5. The number of furan rings is 1. The summed E-state index contributed by atoms with van der Waals surface area (Å²) in [6.45, 7) is 4.75. The molecule has 1 aliphatic heterocycles. The molecule has 0 atom stereocenters. The first-order valence-electron chi connectivity index (χ1n) is 9.08. The molecule has 6 nitrogen and oxygen atoms in total. The second-order valence-electron chi connectivity index (χ2n) is 7.08. The van der Waals surface area contributed by atoms with E-state index in [0.29, 0.717) is 18.0 Å². The predicted molar refractivity (Wildman–Crippen MR) is 101 cm³/mol. The summed E-state index contributed by atoms with van der Waals surface area (Å²) in [5, 5.41) is 5.04. The number of methoxy groups -OCH3 is 1. The highest BCUT2D eigenvalue weighted by Gasteiger charge is 2.23. The van der Waals surface area contributed by atoms with Gasteiger partial charge in [0.25, 0.3) is 5.91 Å². The normalized spacial score (nSPS) is 20.4. The molecule has 1 saturated heterocycles. The number of para-hydroxylation sites is 1. The van der Waals surface area contributed by atoms with Crippen LogP contribution in [0.4, 0.5) is 5.69 Å². The van der Waals surface area contributed by atoms with E-state index in [1.807, 2.05) is 36.4 Å². The second-order valence-corrected chi connectivity index (χ2v) is 7.08. The molecule has 6 heteroatoms. The van der Waals surface area contributed by atoms with E-state index >= 15 is 0 Å². The molecule has 26 heavy (non-hydrogen) atoms. The summed E-state index contributed by atoms with van der Waals surface area (Å²) in [5.74, 6) is 0.656. The van der Waals surface area contributed by atoms with Crippen molar-refractivity contribution in [2.75, 3.05) is 52.2 Å². The third-order valence-electron chi connectivity index (χ3n) is 5.19. The molecule has 0 radical (unpaired) electrons. The SMILES string of the molecule is COc1cc2c(cc1NC(=O)C[NH+]1CC[NH+](C)CC1)oc1ccccc12.